The number of aromatic nitrogens is 2. The van der Waals surface area contributed by atoms with Crippen LogP contribution >= 0.6 is 11.3 Å². The zero-order valence-electron chi connectivity index (χ0n) is 15.1. The van der Waals surface area contributed by atoms with E-state index in [2.05, 4.69) is 16.9 Å². The molecule has 140 valence electrons. The summed E-state index contributed by atoms with van der Waals surface area (Å²) in [7, 11) is 0. The van der Waals surface area contributed by atoms with Crippen molar-refractivity contribution in [3.05, 3.63) is 56.4 Å². The molecule has 27 heavy (non-hydrogen) atoms. The summed E-state index contributed by atoms with van der Waals surface area (Å²) in [5, 5.41) is 10.00. The Morgan fingerprint density at radius 1 is 1.37 bits per heavy atom. The highest BCUT2D eigenvalue weighted by Gasteiger charge is 2.24. The number of phenols is 1. The van der Waals surface area contributed by atoms with Crippen LogP contribution in [0.25, 0.3) is 10.2 Å². The maximum Gasteiger partial charge on any atom is 0.338 e. The number of aryl methyl sites for hydroxylation is 1. The van der Waals surface area contributed by atoms with E-state index in [-0.39, 0.29) is 11.3 Å². The molecule has 1 aliphatic carbocycles. The van der Waals surface area contributed by atoms with Crippen LogP contribution in [0.2, 0.25) is 0 Å². The molecule has 0 amide bonds. The number of hydrogen-bond donors (Lipinski definition) is 2. The maximum atomic E-state index is 12.7. The number of rotatable bonds is 3. The monoisotopic (exact) mass is 384 g/mol. The van der Waals surface area contributed by atoms with Gasteiger partial charge < -0.3 is 14.8 Å². The minimum absolute atomic E-state index is 0.0760. The smallest absolute Gasteiger partial charge is 0.338 e. The number of aromatic amines is 1. The molecule has 7 heteroatoms. The van der Waals surface area contributed by atoms with Crippen LogP contribution in [0.4, 0.5) is 0 Å². The molecule has 0 saturated carbocycles. The van der Waals surface area contributed by atoms with E-state index >= 15 is 0 Å². The summed E-state index contributed by atoms with van der Waals surface area (Å²) < 4.78 is 5.44. The van der Waals surface area contributed by atoms with Gasteiger partial charge in [-0.3, -0.25) is 4.79 Å². The number of nitrogens with one attached hydrogen (secondary N) is 1. The molecule has 0 spiro atoms. The van der Waals surface area contributed by atoms with Crippen LogP contribution in [-0.4, -0.2) is 21.0 Å². The van der Waals surface area contributed by atoms with Crippen molar-refractivity contribution in [2.45, 2.75) is 39.2 Å². The van der Waals surface area contributed by atoms with Gasteiger partial charge in [0.25, 0.3) is 5.56 Å². The highest BCUT2D eigenvalue weighted by molar-refractivity contribution is 7.18. The van der Waals surface area contributed by atoms with Crippen molar-refractivity contribution in [2.75, 3.05) is 0 Å². The van der Waals surface area contributed by atoms with Crippen LogP contribution in [0.15, 0.2) is 29.1 Å². The van der Waals surface area contributed by atoms with Crippen LogP contribution in [-0.2, 0) is 17.6 Å². The van der Waals surface area contributed by atoms with Crippen LogP contribution < -0.4 is 5.56 Å². The molecule has 0 radical (unpaired) electrons. The fourth-order valence-electron chi connectivity index (χ4n) is 3.44. The van der Waals surface area contributed by atoms with Crippen LogP contribution in [0.1, 0.15) is 53.0 Å². The van der Waals surface area contributed by atoms with E-state index < -0.39 is 12.1 Å². The molecule has 0 unspecified atom stereocenters. The fraction of sp³-hybridized carbons (Fsp3) is 0.350. The van der Waals surface area contributed by atoms with Crippen molar-refractivity contribution < 1.29 is 14.6 Å². The standard InChI is InChI=1S/C20H20N2O4S/c1-10-3-8-14-15(9-10)27-19-16(14)18(24)21-17(22-19)11(2)26-20(25)12-4-6-13(23)7-5-12/h4-7,10-11,23H,3,8-9H2,1-2H3,(H,21,22,24)/t10-,11-/m1/s1. The third-order valence-electron chi connectivity index (χ3n) is 4.96. The van der Waals surface area contributed by atoms with Crippen molar-refractivity contribution in [1.82, 2.24) is 9.97 Å². The number of carbonyl (C=O) groups excluding carboxylic acids is 1. The van der Waals surface area contributed by atoms with E-state index in [1.54, 1.807) is 18.3 Å². The Bertz CT molecular complexity index is 1070. The summed E-state index contributed by atoms with van der Waals surface area (Å²) >= 11 is 1.57. The van der Waals surface area contributed by atoms with Crippen molar-refractivity contribution >= 4 is 27.5 Å². The molecule has 2 N–H and O–H groups in total. The Balaban J connectivity index is 1.62. The lowest BCUT2D eigenvalue weighted by atomic mass is 9.89. The minimum atomic E-state index is -0.693. The molecule has 0 aliphatic heterocycles. The van der Waals surface area contributed by atoms with Crippen LogP contribution in [0, 0.1) is 5.92 Å². The number of hydrogen-bond acceptors (Lipinski definition) is 6. The van der Waals surface area contributed by atoms with Gasteiger partial charge in [-0.15, -0.1) is 11.3 Å². The molecule has 1 aromatic carbocycles. The SMILES string of the molecule is C[C@@H]1CCc2c(sc3nc([C@@H](C)OC(=O)c4ccc(O)cc4)[nH]c(=O)c23)C1. The molecule has 6 nitrogen and oxygen atoms in total. The summed E-state index contributed by atoms with van der Waals surface area (Å²) in [5.41, 5.74) is 1.28. The molecular formula is C20H20N2O4S. The van der Waals surface area contributed by atoms with Crippen molar-refractivity contribution in [1.29, 1.82) is 0 Å². The van der Waals surface area contributed by atoms with E-state index in [0.717, 1.165) is 24.8 Å². The lowest BCUT2D eigenvalue weighted by Crippen LogP contribution is -2.18. The van der Waals surface area contributed by atoms with Gasteiger partial charge >= 0.3 is 5.97 Å². The molecule has 2 atom stereocenters. The normalized spacial score (nSPS) is 17.5. The quantitative estimate of drug-likeness (QED) is 0.671. The van der Waals surface area contributed by atoms with Crippen LogP contribution in [0.3, 0.4) is 0 Å². The number of benzene rings is 1. The molecule has 1 aliphatic rings. The van der Waals surface area contributed by atoms with E-state index in [1.807, 2.05) is 0 Å². The largest absolute Gasteiger partial charge is 0.508 e. The Hall–Kier alpha value is -2.67. The Morgan fingerprint density at radius 3 is 2.85 bits per heavy atom. The van der Waals surface area contributed by atoms with Gasteiger partial charge in [-0.05, 0) is 61.9 Å². The molecule has 2 heterocycles. The average Bonchev–Trinajstić information content (AvgIpc) is 2.99. The second-order valence-electron chi connectivity index (χ2n) is 7.08. The van der Waals surface area contributed by atoms with Crippen molar-refractivity contribution in [3.63, 3.8) is 0 Å². The highest BCUT2D eigenvalue weighted by atomic mass is 32.1. The minimum Gasteiger partial charge on any atom is -0.508 e. The first kappa shape index (κ1) is 17.7. The number of aromatic hydroxyl groups is 1. The van der Waals surface area contributed by atoms with Gasteiger partial charge in [0.2, 0.25) is 0 Å². The number of fused-ring (bicyclic) bond motifs is 3. The summed E-state index contributed by atoms with van der Waals surface area (Å²) in [6, 6.07) is 5.81. The number of H-pyrrole nitrogens is 1. The second kappa shape index (κ2) is 6.81. The predicted molar refractivity (Wildman–Crippen MR) is 103 cm³/mol. The van der Waals surface area contributed by atoms with Gasteiger partial charge in [0, 0.05) is 4.88 Å². The van der Waals surface area contributed by atoms with E-state index in [0.29, 0.717) is 27.5 Å². The summed E-state index contributed by atoms with van der Waals surface area (Å²) in [4.78, 5) is 34.2. The summed E-state index contributed by atoms with van der Waals surface area (Å²) in [6.07, 6.45) is 2.28. The molecule has 0 bridgehead atoms. The molecule has 3 aromatic rings. The number of thiophene rings is 1. The molecular weight excluding hydrogens is 364 g/mol. The van der Waals surface area contributed by atoms with E-state index in [1.165, 1.54) is 29.1 Å². The Kier molecular flexibility index (Phi) is 4.47. The van der Waals surface area contributed by atoms with Gasteiger partial charge in [0.15, 0.2) is 11.9 Å². The Labute approximate surface area is 159 Å². The zero-order chi connectivity index (χ0) is 19.1. The van der Waals surface area contributed by atoms with E-state index in [4.69, 9.17) is 4.74 Å². The fourth-order valence-corrected chi connectivity index (χ4v) is 4.83. The third kappa shape index (κ3) is 3.35. The van der Waals surface area contributed by atoms with Crippen molar-refractivity contribution in [3.8, 4) is 5.75 Å². The number of carbonyl (C=O) groups is 1. The Morgan fingerprint density at radius 2 is 2.11 bits per heavy atom. The molecule has 4 rings (SSSR count). The second-order valence-corrected chi connectivity index (χ2v) is 8.16. The highest BCUT2D eigenvalue weighted by Crippen LogP contribution is 2.36. The maximum absolute atomic E-state index is 12.7. The third-order valence-corrected chi connectivity index (χ3v) is 6.10. The average molecular weight is 384 g/mol. The molecule has 0 fully saturated rings. The summed E-state index contributed by atoms with van der Waals surface area (Å²) in [5.74, 6) is 0.497. The number of esters is 1. The van der Waals surface area contributed by atoms with Gasteiger partial charge in [0.05, 0.1) is 10.9 Å². The van der Waals surface area contributed by atoms with E-state index in [9.17, 15) is 14.7 Å². The zero-order valence-corrected chi connectivity index (χ0v) is 15.9. The number of nitrogens with zero attached hydrogens (tertiary/aromatic N) is 1. The van der Waals surface area contributed by atoms with Crippen molar-refractivity contribution in [2.24, 2.45) is 5.92 Å². The summed E-state index contributed by atoms with van der Waals surface area (Å²) in [6.45, 7) is 3.90. The predicted octanol–water partition coefficient (Wildman–Crippen LogP) is 3.73. The lowest BCUT2D eigenvalue weighted by Gasteiger charge is -2.17. The first-order valence-corrected chi connectivity index (χ1v) is 9.78. The van der Waals surface area contributed by atoms with Gasteiger partial charge in [0.1, 0.15) is 10.6 Å². The molecule has 0 saturated heterocycles. The lowest BCUT2D eigenvalue weighted by molar-refractivity contribution is 0.0320. The van der Waals surface area contributed by atoms with Gasteiger partial charge in [-0.1, -0.05) is 6.92 Å². The van der Waals surface area contributed by atoms with Crippen LogP contribution in [0.5, 0.6) is 5.75 Å². The molecule has 2 aromatic heterocycles. The topological polar surface area (TPSA) is 92.3 Å². The number of ether oxygens (including phenoxy) is 1. The first-order chi connectivity index (χ1) is 12.9. The first-order valence-electron chi connectivity index (χ1n) is 8.97. The van der Waals surface area contributed by atoms with Gasteiger partial charge in [-0.25, -0.2) is 9.78 Å². The number of phenolic OH excluding ortho intramolecular Hbond substituents is 1. The van der Waals surface area contributed by atoms with Gasteiger partial charge in [-0.2, -0.15) is 0 Å².